The average Bonchev–Trinajstić information content (AvgIpc) is 2.90. The number of benzene rings is 1. The third-order valence-corrected chi connectivity index (χ3v) is 4.03. The number of aromatic amines is 1. The molecule has 2 heterocycles. The van der Waals surface area contributed by atoms with Crippen LogP contribution in [0.4, 0.5) is 5.95 Å². The first-order valence-corrected chi connectivity index (χ1v) is 7.16. The number of hydrogen-bond donors (Lipinski definition) is 2. The Hall–Kier alpha value is -1.99. The summed E-state index contributed by atoms with van der Waals surface area (Å²) in [7, 11) is 0. The Morgan fingerprint density at radius 3 is 2.95 bits per heavy atom. The van der Waals surface area contributed by atoms with Crippen LogP contribution in [0, 0.1) is 6.92 Å². The fourth-order valence-corrected chi connectivity index (χ4v) is 2.36. The molecular weight excluding hydrogens is 358 g/mol. The van der Waals surface area contributed by atoms with Gasteiger partial charge in [-0.05, 0) is 24.6 Å². The highest BCUT2D eigenvalue weighted by atomic mass is 79.9. The number of fused-ring (bicyclic) bond motifs is 1. The van der Waals surface area contributed by atoms with E-state index in [1.807, 2.05) is 13.0 Å². The number of hydrogen-bond acceptors (Lipinski definition) is 4. The highest BCUT2D eigenvalue weighted by molar-refractivity contribution is 9.10. The number of H-pyrrole nitrogens is 1. The van der Waals surface area contributed by atoms with Gasteiger partial charge in [0.1, 0.15) is 5.52 Å². The van der Waals surface area contributed by atoms with Crippen molar-refractivity contribution < 1.29 is 4.79 Å². The molecule has 1 amide bonds. The molecule has 0 saturated carbocycles. The van der Waals surface area contributed by atoms with Gasteiger partial charge in [0.25, 0.3) is 5.91 Å². The number of nitrogens with zero attached hydrogens (tertiary/aromatic N) is 3. The van der Waals surface area contributed by atoms with E-state index in [4.69, 9.17) is 11.6 Å². The van der Waals surface area contributed by atoms with Gasteiger partial charge in [-0.1, -0.05) is 33.6 Å². The molecule has 0 bridgehead atoms. The molecule has 106 valence electrons. The molecule has 0 aliphatic heterocycles. The molecule has 21 heavy (non-hydrogen) atoms. The van der Waals surface area contributed by atoms with Crippen LogP contribution in [-0.2, 0) is 0 Å². The van der Waals surface area contributed by atoms with Crippen molar-refractivity contribution in [2.45, 2.75) is 6.92 Å². The monoisotopic (exact) mass is 365 g/mol. The lowest BCUT2D eigenvalue weighted by Gasteiger charge is -2.05. The number of carbonyl (C=O) groups excluding carboxylic acids is 1. The van der Waals surface area contributed by atoms with Gasteiger partial charge in [-0.3, -0.25) is 10.1 Å². The highest BCUT2D eigenvalue weighted by Crippen LogP contribution is 2.20. The fraction of sp³-hybridized carbons (Fsp3) is 0.0769. The number of halogens is 2. The number of aryl methyl sites for hydroxylation is 1. The molecule has 0 radical (unpaired) electrons. The third-order valence-electron chi connectivity index (χ3n) is 2.90. The molecule has 0 aliphatic rings. The lowest BCUT2D eigenvalue weighted by Crippen LogP contribution is -2.14. The highest BCUT2D eigenvalue weighted by Gasteiger charge is 2.12. The van der Waals surface area contributed by atoms with E-state index in [1.165, 1.54) is 6.33 Å². The van der Waals surface area contributed by atoms with E-state index in [1.54, 1.807) is 12.1 Å². The van der Waals surface area contributed by atoms with Crippen molar-refractivity contribution in [1.29, 1.82) is 0 Å². The summed E-state index contributed by atoms with van der Waals surface area (Å²) in [6.45, 7) is 1.94. The molecule has 0 fully saturated rings. The smallest absolute Gasteiger partial charge is 0.258 e. The molecule has 0 unspecified atom stereocenters. The van der Waals surface area contributed by atoms with Crippen molar-refractivity contribution in [3.8, 4) is 0 Å². The third kappa shape index (κ3) is 2.74. The molecule has 2 N–H and O–H groups in total. The molecule has 3 aromatic rings. The average molecular weight is 367 g/mol. The van der Waals surface area contributed by atoms with Gasteiger partial charge in [0.05, 0.1) is 6.33 Å². The van der Waals surface area contributed by atoms with Crippen molar-refractivity contribution in [1.82, 2.24) is 19.9 Å². The topological polar surface area (TPSA) is 83.6 Å². The van der Waals surface area contributed by atoms with Crippen LogP contribution in [0.1, 0.15) is 15.9 Å². The summed E-state index contributed by atoms with van der Waals surface area (Å²) in [5.41, 5.74) is 2.47. The Kier molecular flexibility index (Phi) is 3.60. The second kappa shape index (κ2) is 5.42. The van der Waals surface area contributed by atoms with E-state index in [0.717, 1.165) is 10.0 Å². The Morgan fingerprint density at radius 1 is 1.38 bits per heavy atom. The Labute approximate surface area is 133 Å². The SMILES string of the molecule is Cc1ccc(C(=O)Nc2nc(Cl)c3[nH]cnc3n2)cc1Br. The zero-order valence-electron chi connectivity index (χ0n) is 10.8. The minimum absolute atomic E-state index is 0.112. The van der Waals surface area contributed by atoms with Crippen LogP contribution < -0.4 is 5.32 Å². The molecular formula is C13H9BrClN5O. The predicted octanol–water partition coefficient (Wildman–Crippen LogP) is 3.33. The van der Waals surface area contributed by atoms with Crippen LogP contribution in [0.15, 0.2) is 29.0 Å². The summed E-state index contributed by atoms with van der Waals surface area (Å²) in [6, 6.07) is 5.31. The summed E-state index contributed by atoms with van der Waals surface area (Å²) in [5.74, 6) is -0.206. The van der Waals surface area contributed by atoms with Gasteiger partial charge < -0.3 is 4.98 Å². The number of imidazole rings is 1. The van der Waals surface area contributed by atoms with Crippen LogP contribution in [-0.4, -0.2) is 25.8 Å². The van der Waals surface area contributed by atoms with Crippen LogP contribution in [0.3, 0.4) is 0 Å². The lowest BCUT2D eigenvalue weighted by atomic mass is 10.1. The van der Waals surface area contributed by atoms with E-state index in [0.29, 0.717) is 16.7 Å². The standard InChI is InChI=1S/C13H9BrClN5O/c1-6-2-3-7(4-8(6)14)12(21)20-13-18-10(15)9-11(19-13)17-5-16-9/h2-5H,1H3,(H2,16,17,18,19,20,21). The molecule has 3 rings (SSSR count). The van der Waals surface area contributed by atoms with Gasteiger partial charge in [-0.25, -0.2) is 4.98 Å². The molecule has 8 heteroatoms. The minimum atomic E-state index is -0.318. The van der Waals surface area contributed by atoms with Crippen LogP contribution >= 0.6 is 27.5 Å². The first-order chi connectivity index (χ1) is 10.0. The predicted molar refractivity (Wildman–Crippen MR) is 83.5 cm³/mol. The number of anilines is 1. The molecule has 0 spiro atoms. The molecule has 0 aliphatic carbocycles. The van der Waals surface area contributed by atoms with Gasteiger partial charge in [-0.2, -0.15) is 9.97 Å². The molecule has 2 aromatic heterocycles. The van der Waals surface area contributed by atoms with Gasteiger partial charge >= 0.3 is 0 Å². The summed E-state index contributed by atoms with van der Waals surface area (Å²) in [6.07, 6.45) is 1.47. The maximum absolute atomic E-state index is 12.2. The van der Waals surface area contributed by atoms with Crippen molar-refractivity contribution in [2.75, 3.05) is 5.32 Å². The number of rotatable bonds is 2. The van der Waals surface area contributed by atoms with Crippen LogP contribution in [0.2, 0.25) is 5.15 Å². The normalized spacial score (nSPS) is 10.8. The number of amides is 1. The summed E-state index contributed by atoms with van der Waals surface area (Å²) in [4.78, 5) is 27.1. The van der Waals surface area contributed by atoms with E-state index < -0.39 is 0 Å². The Balaban J connectivity index is 1.90. The first kappa shape index (κ1) is 14.0. The lowest BCUT2D eigenvalue weighted by molar-refractivity contribution is 0.102. The zero-order valence-corrected chi connectivity index (χ0v) is 13.2. The van der Waals surface area contributed by atoms with Crippen LogP contribution in [0.25, 0.3) is 11.2 Å². The van der Waals surface area contributed by atoms with Gasteiger partial charge in [0.15, 0.2) is 10.8 Å². The second-order valence-corrected chi connectivity index (χ2v) is 5.57. The Morgan fingerprint density at radius 2 is 2.19 bits per heavy atom. The number of nitrogens with one attached hydrogen (secondary N) is 2. The summed E-state index contributed by atoms with van der Waals surface area (Å²) >= 11 is 9.39. The van der Waals surface area contributed by atoms with Gasteiger partial charge in [-0.15, -0.1) is 0 Å². The van der Waals surface area contributed by atoms with Gasteiger partial charge in [0, 0.05) is 10.0 Å². The van der Waals surface area contributed by atoms with Crippen molar-refractivity contribution in [3.63, 3.8) is 0 Å². The maximum Gasteiger partial charge on any atom is 0.258 e. The molecule has 6 nitrogen and oxygen atoms in total. The van der Waals surface area contributed by atoms with E-state index in [2.05, 4.69) is 41.2 Å². The van der Waals surface area contributed by atoms with Crippen molar-refractivity contribution in [3.05, 3.63) is 45.3 Å². The second-order valence-electron chi connectivity index (χ2n) is 4.36. The molecule has 0 saturated heterocycles. The summed E-state index contributed by atoms with van der Waals surface area (Å²) < 4.78 is 0.858. The fourth-order valence-electron chi connectivity index (χ4n) is 1.76. The number of carbonyl (C=O) groups is 1. The van der Waals surface area contributed by atoms with E-state index in [-0.39, 0.29) is 17.0 Å². The van der Waals surface area contributed by atoms with Crippen LogP contribution in [0.5, 0.6) is 0 Å². The molecule has 0 atom stereocenters. The quantitative estimate of drug-likeness (QED) is 0.681. The van der Waals surface area contributed by atoms with Gasteiger partial charge in [0.2, 0.25) is 5.95 Å². The first-order valence-electron chi connectivity index (χ1n) is 5.99. The minimum Gasteiger partial charge on any atom is -0.341 e. The largest absolute Gasteiger partial charge is 0.341 e. The number of aromatic nitrogens is 4. The summed E-state index contributed by atoms with van der Waals surface area (Å²) in [5, 5.41) is 2.81. The van der Waals surface area contributed by atoms with Crippen molar-refractivity contribution in [2.24, 2.45) is 0 Å². The van der Waals surface area contributed by atoms with E-state index in [9.17, 15) is 4.79 Å². The Bertz CT molecular complexity index is 848. The van der Waals surface area contributed by atoms with E-state index >= 15 is 0 Å². The van der Waals surface area contributed by atoms with Crippen molar-refractivity contribution >= 4 is 50.6 Å². The maximum atomic E-state index is 12.2. The molecule has 1 aromatic carbocycles. The zero-order chi connectivity index (χ0) is 15.0.